The Kier molecular flexibility index (Phi) is 5.88. The van der Waals surface area contributed by atoms with E-state index in [1.54, 1.807) is 18.2 Å². The highest BCUT2D eigenvalue weighted by atomic mass is 32.2. The number of benzene rings is 1. The molecule has 0 bridgehead atoms. The van der Waals surface area contributed by atoms with Crippen LogP contribution in [0.4, 0.5) is 0 Å². The van der Waals surface area contributed by atoms with Gasteiger partial charge in [-0.15, -0.1) is 0 Å². The third-order valence-electron chi connectivity index (χ3n) is 7.34. The van der Waals surface area contributed by atoms with Gasteiger partial charge in [-0.25, -0.2) is 8.42 Å². The number of hydrogen-bond donors (Lipinski definition) is 0. The predicted octanol–water partition coefficient (Wildman–Crippen LogP) is 2.15. The van der Waals surface area contributed by atoms with Crippen molar-refractivity contribution in [1.82, 2.24) is 14.1 Å². The average molecular weight is 445 g/mol. The van der Waals surface area contributed by atoms with E-state index in [9.17, 15) is 13.2 Å². The number of likely N-dealkylation sites (tertiary alicyclic amines) is 2. The van der Waals surface area contributed by atoms with Crippen LogP contribution in [0.25, 0.3) is 0 Å². The summed E-state index contributed by atoms with van der Waals surface area (Å²) in [5.74, 6) is 1.11. The number of nitriles is 1. The smallest absolute Gasteiger partial charge is 0.243 e. The standard InChI is InChI=1S/C23H32N4O3S/c1-4-27-22(28)20-15-25(14-17(2)3)16-21(20)23(27)8-10-26(11-9-23)31(29,30)19-7-5-6-18(12-19)13-24/h5-7,12,17,20-21H,4,8-11,14-16H2,1-3H3/t20-,21+/m0/s1. The van der Waals surface area contributed by atoms with E-state index in [2.05, 4.69) is 23.6 Å². The molecule has 0 aromatic heterocycles. The molecule has 8 heteroatoms. The second-order valence-electron chi connectivity index (χ2n) is 9.56. The third-order valence-corrected chi connectivity index (χ3v) is 9.23. The maximum atomic E-state index is 13.2. The van der Waals surface area contributed by atoms with Gasteiger partial charge >= 0.3 is 0 Å². The van der Waals surface area contributed by atoms with Crippen LogP contribution in [0.15, 0.2) is 29.2 Å². The number of hydrogen-bond acceptors (Lipinski definition) is 5. The average Bonchev–Trinajstić information content (AvgIpc) is 3.25. The first-order valence-electron chi connectivity index (χ1n) is 11.3. The van der Waals surface area contributed by atoms with E-state index < -0.39 is 10.0 Å². The second kappa shape index (κ2) is 8.19. The van der Waals surface area contributed by atoms with Gasteiger partial charge in [0.2, 0.25) is 15.9 Å². The Morgan fingerprint density at radius 1 is 1.23 bits per heavy atom. The topological polar surface area (TPSA) is 84.7 Å². The van der Waals surface area contributed by atoms with Gasteiger partial charge in [-0.1, -0.05) is 19.9 Å². The summed E-state index contributed by atoms with van der Waals surface area (Å²) in [7, 11) is -3.66. The molecule has 0 aliphatic carbocycles. The zero-order chi connectivity index (χ0) is 22.4. The molecule has 1 aromatic carbocycles. The Morgan fingerprint density at radius 3 is 2.55 bits per heavy atom. The minimum absolute atomic E-state index is 0.0363. The summed E-state index contributed by atoms with van der Waals surface area (Å²) in [6, 6.07) is 8.22. The fourth-order valence-electron chi connectivity index (χ4n) is 6.07. The van der Waals surface area contributed by atoms with Crippen molar-refractivity contribution >= 4 is 15.9 Å². The van der Waals surface area contributed by atoms with E-state index in [-0.39, 0.29) is 28.2 Å². The van der Waals surface area contributed by atoms with Crippen molar-refractivity contribution in [2.45, 2.75) is 44.0 Å². The van der Waals surface area contributed by atoms with Crippen LogP contribution in [0.5, 0.6) is 0 Å². The van der Waals surface area contributed by atoms with Crippen LogP contribution in [-0.2, 0) is 14.8 Å². The van der Waals surface area contributed by atoms with E-state index in [1.807, 2.05) is 13.0 Å². The third kappa shape index (κ3) is 3.67. The molecule has 1 spiro atoms. The molecular formula is C23H32N4O3S. The maximum Gasteiger partial charge on any atom is 0.243 e. The van der Waals surface area contributed by atoms with Crippen LogP contribution in [0.3, 0.4) is 0 Å². The van der Waals surface area contributed by atoms with Crippen LogP contribution in [-0.4, -0.2) is 73.2 Å². The fraction of sp³-hybridized carbons (Fsp3) is 0.652. The van der Waals surface area contributed by atoms with Crippen molar-refractivity contribution in [3.63, 3.8) is 0 Å². The summed E-state index contributed by atoms with van der Waals surface area (Å²) in [4.78, 5) is 17.9. The molecule has 0 N–H and O–H groups in total. The van der Waals surface area contributed by atoms with E-state index in [1.165, 1.54) is 10.4 Å². The molecule has 2 atom stereocenters. The van der Waals surface area contributed by atoms with Crippen LogP contribution >= 0.6 is 0 Å². The molecule has 168 valence electrons. The molecule has 3 aliphatic rings. The number of piperidine rings is 1. The number of carbonyl (C=O) groups is 1. The minimum Gasteiger partial charge on any atom is -0.337 e. The lowest BCUT2D eigenvalue weighted by Crippen LogP contribution is -2.57. The zero-order valence-corrected chi connectivity index (χ0v) is 19.4. The summed E-state index contributed by atoms with van der Waals surface area (Å²) in [5, 5.41) is 9.12. The van der Waals surface area contributed by atoms with Crippen LogP contribution in [0, 0.1) is 29.1 Å². The number of fused-ring (bicyclic) bond motifs is 2. The summed E-state index contributed by atoms with van der Waals surface area (Å²) in [6.07, 6.45) is 1.33. The zero-order valence-electron chi connectivity index (χ0n) is 18.6. The molecule has 7 nitrogen and oxygen atoms in total. The molecule has 3 heterocycles. The van der Waals surface area contributed by atoms with E-state index in [4.69, 9.17) is 5.26 Å². The maximum absolute atomic E-state index is 13.2. The van der Waals surface area contributed by atoms with E-state index in [0.29, 0.717) is 44.0 Å². The molecule has 31 heavy (non-hydrogen) atoms. The van der Waals surface area contributed by atoms with Crippen molar-refractivity contribution in [1.29, 1.82) is 5.26 Å². The number of sulfonamides is 1. The van der Waals surface area contributed by atoms with Gasteiger partial charge in [0.1, 0.15) is 0 Å². The SMILES string of the molecule is CCN1C(=O)[C@H]2CN(CC(C)C)C[C@H]2C12CCN(S(=O)(=O)c1cccc(C#N)c1)CC2. The van der Waals surface area contributed by atoms with Crippen molar-refractivity contribution < 1.29 is 13.2 Å². The van der Waals surface area contributed by atoms with Gasteiger partial charge in [0.05, 0.1) is 28.0 Å². The first-order valence-corrected chi connectivity index (χ1v) is 12.7. The molecule has 3 fully saturated rings. The molecule has 0 radical (unpaired) electrons. The first kappa shape index (κ1) is 22.3. The number of rotatable bonds is 5. The molecule has 0 saturated carbocycles. The van der Waals surface area contributed by atoms with Gasteiger partial charge < -0.3 is 9.80 Å². The Balaban J connectivity index is 1.55. The van der Waals surface area contributed by atoms with E-state index in [0.717, 1.165) is 19.6 Å². The summed E-state index contributed by atoms with van der Waals surface area (Å²) < 4.78 is 27.9. The molecule has 4 rings (SSSR count). The molecular weight excluding hydrogens is 412 g/mol. The van der Waals surface area contributed by atoms with Crippen molar-refractivity contribution in [3.8, 4) is 6.07 Å². The largest absolute Gasteiger partial charge is 0.337 e. The molecule has 3 aliphatic heterocycles. The summed E-state index contributed by atoms with van der Waals surface area (Å²) in [5.41, 5.74) is 0.0927. The van der Waals surface area contributed by atoms with Crippen molar-refractivity contribution in [3.05, 3.63) is 29.8 Å². The quantitative estimate of drug-likeness (QED) is 0.695. The van der Waals surface area contributed by atoms with Crippen LogP contribution in [0.1, 0.15) is 39.2 Å². The highest BCUT2D eigenvalue weighted by molar-refractivity contribution is 7.89. The van der Waals surface area contributed by atoms with Gasteiger partial charge in [0, 0.05) is 45.2 Å². The molecule has 0 unspecified atom stereocenters. The Hall–Kier alpha value is -1.95. The fourth-order valence-corrected chi connectivity index (χ4v) is 7.55. The Morgan fingerprint density at radius 2 is 1.94 bits per heavy atom. The van der Waals surface area contributed by atoms with Gasteiger partial charge in [-0.2, -0.15) is 9.57 Å². The summed E-state index contributed by atoms with van der Waals surface area (Å²) in [6.45, 7) is 10.6. The highest BCUT2D eigenvalue weighted by Crippen LogP contribution is 2.50. The normalized spacial score (nSPS) is 26.5. The van der Waals surface area contributed by atoms with Gasteiger partial charge in [0.15, 0.2) is 0 Å². The van der Waals surface area contributed by atoms with E-state index >= 15 is 0 Å². The Labute approximate surface area is 185 Å². The second-order valence-corrected chi connectivity index (χ2v) is 11.5. The molecule has 3 saturated heterocycles. The first-order chi connectivity index (χ1) is 14.7. The van der Waals surface area contributed by atoms with Gasteiger partial charge in [-0.05, 0) is 43.9 Å². The lowest BCUT2D eigenvalue weighted by atomic mass is 9.75. The van der Waals surface area contributed by atoms with Gasteiger partial charge in [-0.3, -0.25) is 4.79 Å². The highest BCUT2D eigenvalue weighted by Gasteiger charge is 2.61. The minimum atomic E-state index is -3.66. The Bertz CT molecular complexity index is 992. The van der Waals surface area contributed by atoms with Crippen LogP contribution in [0.2, 0.25) is 0 Å². The lowest BCUT2D eigenvalue weighted by Gasteiger charge is -2.47. The van der Waals surface area contributed by atoms with Crippen molar-refractivity contribution in [2.24, 2.45) is 17.8 Å². The molecule has 1 aromatic rings. The number of nitrogens with zero attached hydrogens (tertiary/aromatic N) is 4. The van der Waals surface area contributed by atoms with Gasteiger partial charge in [0.25, 0.3) is 0 Å². The monoisotopic (exact) mass is 444 g/mol. The number of amides is 1. The summed E-state index contributed by atoms with van der Waals surface area (Å²) >= 11 is 0. The lowest BCUT2D eigenvalue weighted by molar-refractivity contribution is -0.135. The van der Waals surface area contributed by atoms with Crippen LogP contribution < -0.4 is 0 Å². The molecule has 1 amide bonds. The predicted molar refractivity (Wildman–Crippen MR) is 118 cm³/mol. The number of carbonyl (C=O) groups excluding carboxylic acids is 1. The van der Waals surface area contributed by atoms with Crippen molar-refractivity contribution in [2.75, 3.05) is 39.3 Å².